The van der Waals surface area contributed by atoms with Crippen molar-refractivity contribution in [3.63, 3.8) is 0 Å². The van der Waals surface area contributed by atoms with Gasteiger partial charge in [0.2, 0.25) is 11.1 Å². The van der Waals surface area contributed by atoms with E-state index in [2.05, 4.69) is 41.2 Å². The highest BCUT2D eigenvalue weighted by molar-refractivity contribution is 7.99. The summed E-state index contributed by atoms with van der Waals surface area (Å²) < 4.78 is 1.69. The fraction of sp³-hybridized carbons (Fsp3) is 0.368. The zero-order valence-electron chi connectivity index (χ0n) is 15.7. The molecular formula is C19H23N5OS. The van der Waals surface area contributed by atoms with Crippen molar-refractivity contribution in [1.82, 2.24) is 19.6 Å². The van der Waals surface area contributed by atoms with Gasteiger partial charge in [-0.3, -0.25) is 4.79 Å². The van der Waals surface area contributed by atoms with Gasteiger partial charge in [-0.2, -0.15) is 4.98 Å². The monoisotopic (exact) mass is 369 g/mol. The third-order valence-corrected chi connectivity index (χ3v) is 4.80. The predicted octanol–water partition coefficient (Wildman–Crippen LogP) is 3.77. The highest BCUT2D eigenvalue weighted by Gasteiger charge is 2.14. The van der Waals surface area contributed by atoms with Gasteiger partial charge < -0.3 is 5.32 Å². The van der Waals surface area contributed by atoms with Gasteiger partial charge in [0.15, 0.2) is 0 Å². The highest BCUT2D eigenvalue weighted by atomic mass is 32.2. The summed E-state index contributed by atoms with van der Waals surface area (Å²) in [7, 11) is 0. The van der Waals surface area contributed by atoms with E-state index < -0.39 is 0 Å². The molecule has 2 heterocycles. The minimum atomic E-state index is -0.0850. The number of rotatable bonds is 4. The molecule has 3 aromatic rings. The largest absolute Gasteiger partial charge is 0.325 e. The molecule has 1 N–H and O–H groups in total. The van der Waals surface area contributed by atoms with Crippen LogP contribution in [0.4, 0.5) is 5.69 Å². The average Bonchev–Trinajstić information content (AvgIpc) is 2.96. The van der Waals surface area contributed by atoms with Crippen molar-refractivity contribution in [2.75, 3.05) is 11.1 Å². The number of hydrogen-bond acceptors (Lipinski definition) is 5. The molecule has 1 amide bonds. The molecule has 6 nitrogen and oxygen atoms in total. The summed E-state index contributed by atoms with van der Waals surface area (Å²) in [5.74, 6) is 0.719. The van der Waals surface area contributed by atoms with E-state index in [1.54, 1.807) is 4.52 Å². The number of hydrogen-bond donors (Lipinski definition) is 1. The van der Waals surface area contributed by atoms with Crippen molar-refractivity contribution < 1.29 is 4.79 Å². The molecule has 0 atom stereocenters. The molecule has 0 fully saturated rings. The van der Waals surface area contributed by atoms with Crippen LogP contribution in [-0.2, 0) is 10.2 Å². The summed E-state index contributed by atoms with van der Waals surface area (Å²) in [6.07, 6.45) is 0. The molecule has 0 saturated carbocycles. The van der Waals surface area contributed by atoms with Crippen LogP contribution in [0.2, 0.25) is 0 Å². The number of nitrogens with zero attached hydrogens (tertiary/aromatic N) is 4. The lowest BCUT2D eigenvalue weighted by Crippen LogP contribution is -2.15. The van der Waals surface area contributed by atoms with E-state index in [9.17, 15) is 4.79 Å². The van der Waals surface area contributed by atoms with Crippen molar-refractivity contribution in [3.05, 3.63) is 47.3 Å². The quantitative estimate of drug-likeness (QED) is 0.709. The second-order valence-corrected chi connectivity index (χ2v) is 8.25. The molecular weight excluding hydrogens is 346 g/mol. The number of nitrogens with one attached hydrogen (secondary N) is 1. The summed E-state index contributed by atoms with van der Waals surface area (Å²) >= 11 is 1.30. The lowest BCUT2D eigenvalue weighted by Gasteiger charge is -2.19. The van der Waals surface area contributed by atoms with Crippen LogP contribution in [0.1, 0.15) is 37.7 Å². The van der Waals surface area contributed by atoms with E-state index in [1.807, 2.05) is 44.2 Å². The van der Waals surface area contributed by atoms with Gasteiger partial charge in [0, 0.05) is 17.1 Å². The van der Waals surface area contributed by atoms with Crippen LogP contribution >= 0.6 is 11.8 Å². The Hall–Kier alpha value is -2.41. The van der Waals surface area contributed by atoms with Gasteiger partial charge >= 0.3 is 0 Å². The maximum Gasteiger partial charge on any atom is 0.253 e. The molecule has 136 valence electrons. The zero-order valence-corrected chi connectivity index (χ0v) is 16.5. The van der Waals surface area contributed by atoms with Crippen LogP contribution < -0.4 is 5.32 Å². The van der Waals surface area contributed by atoms with E-state index in [1.165, 1.54) is 17.3 Å². The number of anilines is 1. The van der Waals surface area contributed by atoms with E-state index in [-0.39, 0.29) is 17.1 Å². The Morgan fingerprint density at radius 3 is 2.50 bits per heavy atom. The molecule has 26 heavy (non-hydrogen) atoms. The Labute approximate surface area is 157 Å². The lowest BCUT2D eigenvalue weighted by atomic mass is 9.87. The summed E-state index contributed by atoms with van der Waals surface area (Å²) in [5, 5.41) is 7.85. The molecule has 0 saturated heterocycles. The Morgan fingerprint density at radius 1 is 1.15 bits per heavy atom. The first-order chi connectivity index (χ1) is 12.2. The predicted molar refractivity (Wildman–Crippen MR) is 105 cm³/mol. The SMILES string of the molecule is Cc1cc(C)n2nc(SCC(=O)Nc3ccc(C(C)(C)C)cc3)nc2n1. The van der Waals surface area contributed by atoms with Crippen molar-refractivity contribution in [2.45, 2.75) is 45.2 Å². The van der Waals surface area contributed by atoms with Gasteiger partial charge in [0.05, 0.1) is 5.75 Å². The van der Waals surface area contributed by atoms with Crippen LogP contribution in [0.5, 0.6) is 0 Å². The summed E-state index contributed by atoms with van der Waals surface area (Å²) in [6.45, 7) is 10.4. The van der Waals surface area contributed by atoms with E-state index in [4.69, 9.17) is 0 Å². The number of fused-ring (bicyclic) bond motifs is 1. The van der Waals surface area contributed by atoms with Crippen LogP contribution in [0, 0.1) is 13.8 Å². The minimum Gasteiger partial charge on any atom is -0.325 e. The first-order valence-corrected chi connectivity index (χ1v) is 9.45. The van der Waals surface area contributed by atoms with Gasteiger partial charge in [-0.25, -0.2) is 9.50 Å². The van der Waals surface area contributed by atoms with Crippen LogP contribution in [0.25, 0.3) is 5.78 Å². The molecule has 0 aliphatic carbocycles. The van der Waals surface area contributed by atoms with Gasteiger partial charge in [0.1, 0.15) is 0 Å². The molecule has 0 radical (unpaired) electrons. The molecule has 0 unspecified atom stereocenters. The summed E-state index contributed by atoms with van der Waals surface area (Å²) in [5.41, 5.74) is 3.99. The maximum absolute atomic E-state index is 12.2. The summed E-state index contributed by atoms with van der Waals surface area (Å²) in [6, 6.07) is 9.90. The topological polar surface area (TPSA) is 72.2 Å². The number of benzene rings is 1. The van der Waals surface area contributed by atoms with Crippen molar-refractivity contribution in [3.8, 4) is 0 Å². The second-order valence-electron chi connectivity index (χ2n) is 7.31. The fourth-order valence-corrected chi connectivity index (χ4v) is 3.21. The summed E-state index contributed by atoms with van der Waals surface area (Å²) in [4.78, 5) is 20.9. The Bertz CT molecular complexity index is 941. The number of carbonyl (C=O) groups excluding carboxylic acids is 1. The van der Waals surface area contributed by atoms with E-state index in [0.717, 1.165) is 17.1 Å². The van der Waals surface area contributed by atoms with Crippen molar-refractivity contribution in [1.29, 1.82) is 0 Å². The lowest BCUT2D eigenvalue weighted by molar-refractivity contribution is -0.113. The standard InChI is InChI=1S/C19H23N5OS/c1-12-10-13(2)24-17(20-12)22-18(23-24)26-11-16(25)21-15-8-6-14(7-9-15)19(3,4)5/h6-10H,11H2,1-5H3,(H,21,25). The number of carbonyl (C=O) groups is 1. The van der Waals surface area contributed by atoms with Crippen molar-refractivity contribution >= 4 is 29.1 Å². The maximum atomic E-state index is 12.2. The van der Waals surface area contributed by atoms with E-state index >= 15 is 0 Å². The Kier molecular flexibility index (Phi) is 5.00. The Morgan fingerprint density at radius 2 is 1.85 bits per heavy atom. The third kappa shape index (κ3) is 4.22. The number of amides is 1. The molecule has 2 aromatic heterocycles. The van der Waals surface area contributed by atoms with Crippen LogP contribution in [-0.4, -0.2) is 31.2 Å². The molecule has 0 bridgehead atoms. The molecule has 0 spiro atoms. The minimum absolute atomic E-state index is 0.0850. The molecule has 3 rings (SSSR count). The number of aromatic nitrogens is 4. The smallest absolute Gasteiger partial charge is 0.253 e. The van der Waals surface area contributed by atoms with Gasteiger partial charge in [-0.15, -0.1) is 5.10 Å². The molecule has 7 heteroatoms. The molecule has 0 aliphatic heterocycles. The Balaban J connectivity index is 1.61. The molecule has 1 aromatic carbocycles. The van der Waals surface area contributed by atoms with Gasteiger partial charge in [0.25, 0.3) is 5.78 Å². The second kappa shape index (κ2) is 7.07. The zero-order chi connectivity index (χ0) is 18.9. The number of thioether (sulfide) groups is 1. The van der Waals surface area contributed by atoms with Crippen LogP contribution in [0.3, 0.4) is 0 Å². The third-order valence-electron chi connectivity index (χ3n) is 3.97. The molecule has 0 aliphatic rings. The first kappa shape index (κ1) is 18.4. The normalized spacial score (nSPS) is 11.7. The van der Waals surface area contributed by atoms with Gasteiger partial charge in [-0.1, -0.05) is 44.7 Å². The fourth-order valence-electron chi connectivity index (χ4n) is 2.59. The first-order valence-electron chi connectivity index (χ1n) is 8.46. The average molecular weight is 369 g/mol. The highest BCUT2D eigenvalue weighted by Crippen LogP contribution is 2.23. The van der Waals surface area contributed by atoms with Crippen LogP contribution in [0.15, 0.2) is 35.5 Å². The van der Waals surface area contributed by atoms with E-state index in [0.29, 0.717) is 10.9 Å². The number of aryl methyl sites for hydroxylation is 2. The van der Waals surface area contributed by atoms with Gasteiger partial charge in [-0.05, 0) is 43.0 Å². The van der Waals surface area contributed by atoms with Crippen molar-refractivity contribution in [2.24, 2.45) is 0 Å².